The lowest BCUT2D eigenvalue weighted by Gasteiger charge is -2.01. The van der Waals surface area contributed by atoms with Crippen LogP contribution in [0.2, 0.25) is 0 Å². The van der Waals surface area contributed by atoms with Gasteiger partial charge in [-0.05, 0) is 31.9 Å². The van der Waals surface area contributed by atoms with Gasteiger partial charge in [-0.15, -0.1) is 0 Å². The summed E-state index contributed by atoms with van der Waals surface area (Å²) in [7, 11) is 0. The van der Waals surface area contributed by atoms with Crippen molar-refractivity contribution >= 4 is 11.6 Å². The van der Waals surface area contributed by atoms with E-state index in [-0.39, 0.29) is 5.91 Å². The fourth-order valence-corrected chi connectivity index (χ4v) is 1.20. The van der Waals surface area contributed by atoms with E-state index in [1.165, 1.54) is 0 Å². The Bertz CT molecular complexity index is 360. The third kappa shape index (κ3) is 4.21. The molecule has 4 heteroatoms. The molecular weight excluding hydrogens is 202 g/mol. The normalized spacial score (nSPS) is 11.2. The first-order valence-corrected chi connectivity index (χ1v) is 5.47. The van der Waals surface area contributed by atoms with E-state index in [0.717, 1.165) is 25.0 Å². The lowest BCUT2D eigenvalue weighted by molar-refractivity contribution is 0.0954. The number of unbranched alkanes of at least 4 members (excludes halogenated alkanes) is 1. The molecule has 86 valence electrons. The molecule has 0 aromatic carbocycles. The van der Waals surface area contributed by atoms with Gasteiger partial charge < -0.3 is 0 Å². The van der Waals surface area contributed by atoms with E-state index in [2.05, 4.69) is 22.4 Å². The predicted octanol–water partition coefficient (Wildman–Crippen LogP) is 2.38. The van der Waals surface area contributed by atoms with Gasteiger partial charge in [-0.2, -0.15) is 5.10 Å². The Morgan fingerprint density at radius 3 is 2.75 bits per heavy atom. The molecule has 0 atom stereocenters. The zero-order valence-electron chi connectivity index (χ0n) is 9.73. The highest BCUT2D eigenvalue weighted by molar-refractivity contribution is 5.95. The molecule has 0 aliphatic carbocycles. The summed E-state index contributed by atoms with van der Waals surface area (Å²) in [5.74, 6) is -0.196. The summed E-state index contributed by atoms with van der Waals surface area (Å²) in [5, 5.41) is 4.03. The van der Waals surface area contributed by atoms with E-state index >= 15 is 0 Å². The SMILES string of the molecule is CCCC/C(C)=N\NC(=O)c1ccncc1. The molecule has 0 saturated carbocycles. The first-order valence-electron chi connectivity index (χ1n) is 5.47. The maximum absolute atomic E-state index is 11.6. The number of hydrogen-bond donors (Lipinski definition) is 1. The minimum atomic E-state index is -0.196. The number of nitrogens with zero attached hydrogens (tertiary/aromatic N) is 2. The largest absolute Gasteiger partial charge is 0.271 e. The van der Waals surface area contributed by atoms with Crippen LogP contribution in [0, 0.1) is 0 Å². The Hall–Kier alpha value is -1.71. The average Bonchev–Trinajstić information content (AvgIpc) is 2.34. The third-order valence-electron chi connectivity index (χ3n) is 2.18. The number of aromatic nitrogens is 1. The molecule has 1 aromatic heterocycles. The zero-order valence-corrected chi connectivity index (χ0v) is 9.73. The predicted molar refractivity (Wildman–Crippen MR) is 64.3 cm³/mol. The zero-order chi connectivity index (χ0) is 11.8. The van der Waals surface area contributed by atoms with E-state index < -0.39 is 0 Å². The standard InChI is InChI=1S/C12H17N3O/c1-3-4-5-10(2)14-15-12(16)11-6-8-13-9-7-11/h6-9H,3-5H2,1-2H3,(H,15,16)/b14-10-. The number of pyridine rings is 1. The Morgan fingerprint density at radius 2 is 2.12 bits per heavy atom. The van der Waals surface area contributed by atoms with Crippen molar-refractivity contribution in [2.24, 2.45) is 5.10 Å². The van der Waals surface area contributed by atoms with Crippen molar-refractivity contribution in [1.29, 1.82) is 0 Å². The van der Waals surface area contributed by atoms with Crippen LogP contribution >= 0.6 is 0 Å². The molecule has 0 fully saturated rings. The molecule has 1 aromatic rings. The summed E-state index contributed by atoms with van der Waals surface area (Å²) >= 11 is 0. The lowest BCUT2D eigenvalue weighted by atomic mass is 10.2. The van der Waals surface area contributed by atoms with Gasteiger partial charge in [-0.3, -0.25) is 9.78 Å². The number of amides is 1. The van der Waals surface area contributed by atoms with Gasteiger partial charge in [0.05, 0.1) is 0 Å². The number of hydrogen-bond acceptors (Lipinski definition) is 3. The Balaban J connectivity index is 2.46. The minimum absolute atomic E-state index is 0.196. The molecular formula is C12H17N3O. The topological polar surface area (TPSA) is 54.4 Å². The molecule has 1 rings (SSSR count). The van der Waals surface area contributed by atoms with Crippen LogP contribution in [0.15, 0.2) is 29.6 Å². The second kappa shape index (κ2) is 6.71. The Morgan fingerprint density at radius 1 is 1.44 bits per heavy atom. The summed E-state index contributed by atoms with van der Waals surface area (Å²) in [6.07, 6.45) is 6.32. The molecule has 4 nitrogen and oxygen atoms in total. The van der Waals surface area contributed by atoms with Gasteiger partial charge in [0.1, 0.15) is 0 Å². The molecule has 0 aliphatic heterocycles. The van der Waals surface area contributed by atoms with Gasteiger partial charge >= 0.3 is 0 Å². The number of rotatable bonds is 5. The number of carbonyl (C=O) groups is 1. The molecule has 1 amide bonds. The number of hydrazone groups is 1. The van der Waals surface area contributed by atoms with Gasteiger partial charge in [-0.25, -0.2) is 5.43 Å². The van der Waals surface area contributed by atoms with Crippen molar-refractivity contribution in [2.75, 3.05) is 0 Å². The van der Waals surface area contributed by atoms with Crippen molar-refractivity contribution in [3.05, 3.63) is 30.1 Å². The van der Waals surface area contributed by atoms with Crippen LogP contribution in [-0.2, 0) is 0 Å². The van der Waals surface area contributed by atoms with Crippen molar-refractivity contribution < 1.29 is 4.79 Å². The van der Waals surface area contributed by atoms with Crippen molar-refractivity contribution in [1.82, 2.24) is 10.4 Å². The Labute approximate surface area is 95.8 Å². The molecule has 0 saturated heterocycles. The summed E-state index contributed by atoms with van der Waals surface area (Å²) in [5.41, 5.74) is 4.05. The van der Waals surface area contributed by atoms with Crippen LogP contribution in [0.4, 0.5) is 0 Å². The highest BCUT2D eigenvalue weighted by Crippen LogP contribution is 1.98. The fraction of sp³-hybridized carbons (Fsp3) is 0.417. The van der Waals surface area contributed by atoms with Gasteiger partial charge in [0.15, 0.2) is 0 Å². The van der Waals surface area contributed by atoms with E-state index in [1.807, 2.05) is 6.92 Å². The van der Waals surface area contributed by atoms with E-state index in [0.29, 0.717) is 5.56 Å². The molecule has 0 unspecified atom stereocenters. The van der Waals surface area contributed by atoms with E-state index in [4.69, 9.17) is 0 Å². The number of carbonyl (C=O) groups excluding carboxylic acids is 1. The molecule has 0 spiro atoms. The molecule has 1 N–H and O–H groups in total. The number of nitrogens with one attached hydrogen (secondary N) is 1. The molecule has 0 radical (unpaired) electrons. The molecule has 0 bridgehead atoms. The molecule has 16 heavy (non-hydrogen) atoms. The van der Waals surface area contributed by atoms with Gasteiger partial charge in [0.25, 0.3) is 5.91 Å². The highest BCUT2D eigenvalue weighted by Gasteiger charge is 2.02. The van der Waals surface area contributed by atoms with Crippen LogP contribution in [0.25, 0.3) is 0 Å². The third-order valence-corrected chi connectivity index (χ3v) is 2.18. The molecule has 0 aliphatic rings. The quantitative estimate of drug-likeness (QED) is 0.610. The van der Waals surface area contributed by atoms with Gasteiger partial charge in [0, 0.05) is 23.7 Å². The fourth-order valence-electron chi connectivity index (χ4n) is 1.20. The second-order valence-electron chi connectivity index (χ2n) is 3.63. The maximum Gasteiger partial charge on any atom is 0.271 e. The molecule has 1 heterocycles. The summed E-state index contributed by atoms with van der Waals surface area (Å²) < 4.78 is 0. The smallest absolute Gasteiger partial charge is 0.267 e. The average molecular weight is 219 g/mol. The summed E-state index contributed by atoms with van der Waals surface area (Å²) in [6, 6.07) is 3.32. The lowest BCUT2D eigenvalue weighted by Crippen LogP contribution is -2.18. The summed E-state index contributed by atoms with van der Waals surface area (Å²) in [6.45, 7) is 4.05. The van der Waals surface area contributed by atoms with Gasteiger partial charge in [-0.1, -0.05) is 13.3 Å². The minimum Gasteiger partial charge on any atom is -0.267 e. The highest BCUT2D eigenvalue weighted by atomic mass is 16.2. The monoisotopic (exact) mass is 219 g/mol. The van der Waals surface area contributed by atoms with E-state index in [9.17, 15) is 4.79 Å². The first kappa shape index (κ1) is 12.4. The van der Waals surface area contributed by atoms with Crippen LogP contribution in [0.1, 0.15) is 43.5 Å². The maximum atomic E-state index is 11.6. The van der Waals surface area contributed by atoms with Crippen molar-refractivity contribution in [2.45, 2.75) is 33.1 Å². The second-order valence-corrected chi connectivity index (χ2v) is 3.63. The van der Waals surface area contributed by atoms with Crippen LogP contribution < -0.4 is 5.43 Å². The van der Waals surface area contributed by atoms with Crippen LogP contribution in [-0.4, -0.2) is 16.6 Å². The van der Waals surface area contributed by atoms with Crippen LogP contribution in [0.3, 0.4) is 0 Å². The van der Waals surface area contributed by atoms with Crippen molar-refractivity contribution in [3.8, 4) is 0 Å². The Kier molecular flexibility index (Phi) is 5.19. The van der Waals surface area contributed by atoms with E-state index in [1.54, 1.807) is 24.5 Å². The first-order chi connectivity index (χ1) is 7.74. The van der Waals surface area contributed by atoms with Crippen molar-refractivity contribution in [3.63, 3.8) is 0 Å². The van der Waals surface area contributed by atoms with Gasteiger partial charge in [0.2, 0.25) is 0 Å². The summed E-state index contributed by atoms with van der Waals surface area (Å²) in [4.78, 5) is 15.4. The van der Waals surface area contributed by atoms with Crippen LogP contribution in [0.5, 0.6) is 0 Å².